The van der Waals surface area contributed by atoms with E-state index in [0.29, 0.717) is 19.1 Å². The van der Waals surface area contributed by atoms with Gasteiger partial charge in [0.2, 0.25) is 0 Å². The van der Waals surface area contributed by atoms with Gasteiger partial charge in [0.1, 0.15) is 0 Å². The summed E-state index contributed by atoms with van der Waals surface area (Å²) in [6, 6.07) is 18.8. The molecule has 1 heterocycles. The molecule has 0 bridgehead atoms. The molecule has 2 aromatic carbocycles. The molecule has 0 aliphatic carbocycles. The summed E-state index contributed by atoms with van der Waals surface area (Å²) >= 11 is 0. The largest absolute Gasteiger partial charge is 0.338 e. The number of hydrogen-bond acceptors (Lipinski definition) is 2. The number of benzene rings is 2. The highest BCUT2D eigenvalue weighted by molar-refractivity contribution is 5.73. The van der Waals surface area contributed by atoms with Crippen molar-refractivity contribution in [2.24, 2.45) is 0 Å². The van der Waals surface area contributed by atoms with Crippen LogP contribution in [0.2, 0.25) is 0 Å². The quantitative estimate of drug-likeness (QED) is 0.783. The summed E-state index contributed by atoms with van der Waals surface area (Å²) in [6.07, 6.45) is 1.81. The molecular formula is C21H29N3O. The van der Waals surface area contributed by atoms with E-state index in [-0.39, 0.29) is 6.03 Å². The van der Waals surface area contributed by atoms with Gasteiger partial charge in [-0.25, -0.2) is 4.79 Å². The van der Waals surface area contributed by atoms with E-state index in [1.807, 2.05) is 32.0 Å². The lowest BCUT2D eigenvalue weighted by atomic mass is 9.96. The van der Waals surface area contributed by atoms with Gasteiger partial charge in [-0.1, -0.05) is 68.4 Å². The summed E-state index contributed by atoms with van der Waals surface area (Å²) < 4.78 is 0. The van der Waals surface area contributed by atoms with E-state index in [9.17, 15) is 4.79 Å². The molecule has 134 valence electrons. The zero-order valence-corrected chi connectivity index (χ0v) is 15.2. The number of nitrogens with one attached hydrogen (secondary N) is 3. The minimum Gasteiger partial charge on any atom is -0.338 e. The second-order valence-corrected chi connectivity index (χ2v) is 5.92. The Balaban J connectivity index is 0.00000109. The number of rotatable bonds is 5. The molecule has 0 fully saturated rings. The van der Waals surface area contributed by atoms with Crippen LogP contribution in [0.15, 0.2) is 54.6 Å². The third-order valence-electron chi connectivity index (χ3n) is 4.22. The fourth-order valence-corrected chi connectivity index (χ4v) is 2.91. The molecule has 4 nitrogen and oxygen atoms in total. The first-order valence-corrected chi connectivity index (χ1v) is 9.17. The van der Waals surface area contributed by atoms with Crippen LogP contribution in [0, 0.1) is 0 Å². The molecule has 2 aromatic rings. The van der Waals surface area contributed by atoms with E-state index in [1.54, 1.807) is 0 Å². The zero-order chi connectivity index (χ0) is 17.9. The fourth-order valence-electron chi connectivity index (χ4n) is 2.91. The van der Waals surface area contributed by atoms with Gasteiger partial charge in [0.05, 0.1) is 0 Å². The van der Waals surface area contributed by atoms with Gasteiger partial charge in [-0.05, 0) is 29.5 Å². The first-order valence-electron chi connectivity index (χ1n) is 9.17. The summed E-state index contributed by atoms with van der Waals surface area (Å²) in [5.74, 6) is 0. The highest BCUT2D eigenvalue weighted by atomic mass is 16.2. The van der Waals surface area contributed by atoms with Gasteiger partial charge in [-0.3, -0.25) is 0 Å². The lowest BCUT2D eigenvalue weighted by Gasteiger charge is -2.26. The second-order valence-electron chi connectivity index (χ2n) is 5.92. The van der Waals surface area contributed by atoms with Crippen LogP contribution in [0.4, 0.5) is 4.79 Å². The van der Waals surface area contributed by atoms with Crippen LogP contribution in [0.1, 0.15) is 30.5 Å². The van der Waals surface area contributed by atoms with Crippen molar-refractivity contribution in [1.29, 1.82) is 0 Å². The molecule has 3 rings (SSSR count). The van der Waals surface area contributed by atoms with Crippen molar-refractivity contribution >= 4 is 6.03 Å². The summed E-state index contributed by atoms with van der Waals surface area (Å²) in [5.41, 5.74) is 3.97. The normalized spacial score (nSPS) is 15.4. The van der Waals surface area contributed by atoms with E-state index >= 15 is 0 Å². The predicted octanol–water partition coefficient (Wildman–Crippen LogP) is 3.27. The molecule has 0 aromatic heterocycles. The van der Waals surface area contributed by atoms with Crippen LogP contribution in [0.25, 0.3) is 0 Å². The van der Waals surface area contributed by atoms with E-state index in [0.717, 1.165) is 19.4 Å². The number of carbonyl (C=O) groups excluding carboxylic acids is 1. The fraction of sp³-hybridized carbons (Fsp3) is 0.381. The first-order chi connectivity index (χ1) is 12.3. The molecular weight excluding hydrogens is 310 g/mol. The van der Waals surface area contributed by atoms with Crippen molar-refractivity contribution in [2.75, 3.05) is 13.1 Å². The number of amides is 2. The molecule has 2 amide bonds. The van der Waals surface area contributed by atoms with Gasteiger partial charge < -0.3 is 16.0 Å². The molecule has 0 radical (unpaired) electrons. The Kier molecular flexibility index (Phi) is 7.99. The number of carbonyl (C=O) groups is 1. The Labute approximate surface area is 151 Å². The summed E-state index contributed by atoms with van der Waals surface area (Å²) in [6.45, 7) is 6.17. The van der Waals surface area contributed by atoms with E-state index in [2.05, 4.69) is 52.3 Å². The summed E-state index contributed by atoms with van der Waals surface area (Å²) in [7, 11) is 0. The van der Waals surface area contributed by atoms with E-state index < -0.39 is 0 Å². The smallest absolute Gasteiger partial charge is 0.314 e. The van der Waals surface area contributed by atoms with Crippen molar-refractivity contribution in [3.05, 3.63) is 71.3 Å². The minimum atomic E-state index is -0.0958. The van der Waals surface area contributed by atoms with Crippen molar-refractivity contribution in [3.63, 3.8) is 0 Å². The summed E-state index contributed by atoms with van der Waals surface area (Å²) in [4.78, 5) is 11.9. The topological polar surface area (TPSA) is 53.2 Å². The highest BCUT2D eigenvalue weighted by Gasteiger charge is 2.17. The van der Waals surface area contributed by atoms with E-state index in [4.69, 9.17) is 0 Å². The molecule has 1 atom stereocenters. The Morgan fingerprint density at radius 1 is 1.00 bits per heavy atom. The van der Waals surface area contributed by atoms with Crippen molar-refractivity contribution < 1.29 is 4.79 Å². The van der Waals surface area contributed by atoms with Crippen LogP contribution >= 0.6 is 0 Å². The van der Waals surface area contributed by atoms with E-state index in [1.165, 1.54) is 16.7 Å². The Bertz CT molecular complexity index is 643. The third kappa shape index (κ3) is 6.24. The molecule has 1 aliphatic rings. The van der Waals surface area contributed by atoms with Gasteiger partial charge in [0.25, 0.3) is 0 Å². The van der Waals surface area contributed by atoms with Crippen LogP contribution in [0.3, 0.4) is 0 Å². The van der Waals surface area contributed by atoms with Gasteiger partial charge in [-0.15, -0.1) is 0 Å². The van der Waals surface area contributed by atoms with Crippen molar-refractivity contribution in [3.8, 4) is 0 Å². The van der Waals surface area contributed by atoms with Crippen LogP contribution in [0.5, 0.6) is 0 Å². The Hall–Kier alpha value is -2.33. The van der Waals surface area contributed by atoms with Gasteiger partial charge in [-0.2, -0.15) is 0 Å². The van der Waals surface area contributed by atoms with Gasteiger partial charge in [0.15, 0.2) is 0 Å². The average Bonchev–Trinajstić information content (AvgIpc) is 2.68. The summed E-state index contributed by atoms with van der Waals surface area (Å²) in [5, 5.41) is 9.34. The zero-order valence-electron chi connectivity index (χ0n) is 15.2. The number of urea groups is 1. The Morgan fingerprint density at radius 3 is 2.44 bits per heavy atom. The van der Waals surface area contributed by atoms with Crippen molar-refractivity contribution in [1.82, 2.24) is 16.0 Å². The maximum Gasteiger partial charge on any atom is 0.314 e. The SMILES string of the molecule is CC.O=C(NCCc1ccccc1)NC[C@@H]1Cc2ccccc2CN1. The second kappa shape index (κ2) is 10.5. The molecule has 3 N–H and O–H groups in total. The van der Waals surface area contributed by atoms with Crippen LogP contribution in [-0.2, 0) is 19.4 Å². The van der Waals surface area contributed by atoms with Crippen LogP contribution < -0.4 is 16.0 Å². The minimum absolute atomic E-state index is 0.0958. The first kappa shape index (κ1) is 19.0. The number of fused-ring (bicyclic) bond motifs is 1. The molecule has 0 unspecified atom stereocenters. The lowest BCUT2D eigenvalue weighted by molar-refractivity contribution is 0.239. The monoisotopic (exact) mass is 339 g/mol. The average molecular weight is 339 g/mol. The van der Waals surface area contributed by atoms with Gasteiger partial charge >= 0.3 is 6.03 Å². The van der Waals surface area contributed by atoms with Gasteiger partial charge in [0, 0.05) is 25.7 Å². The molecule has 25 heavy (non-hydrogen) atoms. The maximum absolute atomic E-state index is 11.9. The highest BCUT2D eigenvalue weighted by Crippen LogP contribution is 2.15. The predicted molar refractivity (Wildman–Crippen MR) is 104 cm³/mol. The molecule has 0 spiro atoms. The maximum atomic E-state index is 11.9. The third-order valence-corrected chi connectivity index (χ3v) is 4.22. The molecule has 4 heteroatoms. The Morgan fingerprint density at radius 2 is 1.68 bits per heavy atom. The molecule has 0 saturated carbocycles. The van der Waals surface area contributed by atoms with Crippen molar-refractivity contribution in [2.45, 2.75) is 39.3 Å². The molecule has 1 aliphatic heterocycles. The number of hydrogen-bond donors (Lipinski definition) is 3. The van der Waals surface area contributed by atoms with Crippen LogP contribution in [-0.4, -0.2) is 25.2 Å². The lowest BCUT2D eigenvalue weighted by Crippen LogP contribution is -2.47. The standard InChI is InChI=1S/C19H23N3O.C2H6/c23-19(20-11-10-15-6-2-1-3-7-15)22-14-18-12-16-8-4-5-9-17(16)13-21-18;1-2/h1-9,18,21H,10-14H2,(H2,20,22,23);1-2H3/t18-;/m0./s1. The molecule has 0 saturated heterocycles.